The van der Waals surface area contributed by atoms with Gasteiger partial charge in [-0.2, -0.15) is 19.9 Å². The highest BCUT2D eigenvalue weighted by molar-refractivity contribution is 7.48. The lowest BCUT2D eigenvalue weighted by Crippen LogP contribution is -2.31. The Labute approximate surface area is 460 Å². The number of imidazole rings is 2. The number of nitrogens with two attached hydrogens (primary N) is 4. The van der Waals surface area contributed by atoms with E-state index >= 15 is 0 Å². The molecule has 10 heterocycles. The van der Waals surface area contributed by atoms with Gasteiger partial charge in [-0.05, 0) is 12.1 Å². The highest BCUT2D eigenvalue weighted by Gasteiger charge is 2.49. The number of anilines is 4. The Morgan fingerprint density at radius 1 is 0.518 bits per heavy atom. The summed E-state index contributed by atoms with van der Waals surface area (Å²) in [6.07, 6.45) is -14.1. The summed E-state index contributed by atoms with van der Waals surface area (Å²) >= 11 is 0. The van der Waals surface area contributed by atoms with Crippen LogP contribution in [0.15, 0.2) is 56.4 Å². The summed E-state index contributed by atoms with van der Waals surface area (Å²) in [5.74, 6) is -0.905. The molecule has 41 nitrogen and oxygen atoms in total. The van der Waals surface area contributed by atoms with Gasteiger partial charge in [0.15, 0.2) is 22.3 Å². The maximum absolute atomic E-state index is 14.0. The summed E-state index contributed by atoms with van der Waals surface area (Å²) in [5.41, 5.74) is 18.9. The minimum Gasteiger partial charge on any atom is -0.390 e. The molecule has 0 aromatic carbocycles. The Morgan fingerprint density at radius 2 is 0.867 bits per heavy atom. The predicted molar refractivity (Wildman–Crippen MR) is 271 cm³/mol. The maximum atomic E-state index is 14.0. The van der Waals surface area contributed by atoms with Crippen LogP contribution in [0, 0.1) is 0 Å². The molecule has 4 saturated heterocycles. The van der Waals surface area contributed by atoms with Crippen molar-refractivity contribution in [1.29, 1.82) is 0 Å². The minimum absolute atomic E-state index is 0.0747. The molecule has 83 heavy (non-hydrogen) atoms. The number of rotatable bonds is 22. The van der Waals surface area contributed by atoms with Gasteiger partial charge in [-0.3, -0.25) is 69.5 Å². The number of aliphatic hydroxyl groups excluding tert-OH is 1. The molecule has 0 bridgehead atoms. The van der Waals surface area contributed by atoms with E-state index in [1.54, 1.807) is 0 Å². The van der Waals surface area contributed by atoms with Crippen LogP contribution in [-0.4, -0.2) is 163 Å². The summed E-state index contributed by atoms with van der Waals surface area (Å²) in [4.78, 5) is 131. The number of nitrogens with zero attached hydrogens (tertiary/aromatic N) is 10. The molecule has 4 fully saturated rings. The van der Waals surface area contributed by atoms with Crippen molar-refractivity contribution in [3.63, 3.8) is 0 Å². The highest BCUT2D eigenvalue weighted by Crippen LogP contribution is 2.54. The van der Waals surface area contributed by atoms with Gasteiger partial charge in [0.05, 0.1) is 45.2 Å². The second-order valence-electron chi connectivity index (χ2n) is 18.7. The number of nitrogens with one attached hydrogen (secondary N) is 2. The summed E-state index contributed by atoms with van der Waals surface area (Å²) in [5, 5.41) is 10.7. The van der Waals surface area contributed by atoms with Crippen molar-refractivity contribution < 1.29 is 98.4 Å². The van der Waals surface area contributed by atoms with E-state index in [1.165, 1.54) is 27.5 Å². The fourth-order valence-corrected chi connectivity index (χ4v) is 12.5. The second kappa shape index (κ2) is 23.4. The molecule has 0 radical (unpaired) electrons. The van der Waals surface area contributed by atoms with Crippen molar-refractivity contribution in [2.45, 2.75) is 99.4 Å². The Hall–Kier alpha value is -6.10. The molecule has 3 unspecified atom stereocenters. The van der Waals surface area contributed by atoms with E-state index < -0.39 is 173 Å². The van der Waals surface area contributed by atoms with Gasteiger partial charge in [0.25, 0.3) is 11.1 Å². The van der Waals surface area contributed by atoms with Gasteiger partial charge in [0.1, 0.15) is 79.3 Å². The summed E-state index contributed by atoms with van der Waals surface area (Å²) in [6.45, 7) is -3.73. The van der Waals surface area contributed by atoms with Gasteiger partial charge < -0.3 is 71.5 Å². The number of hydrogen-bond acceptors (Lipinski definition) is 30. The van der Waals surface area contributed by atoms with Crippen molar-refractivity contribution in [3.05, 3.63) is 78.9 Å². The smallest absolute Gasteiger partial charge is 0.390 e. The van der Waals surface area contributed by atoms with Crippen LogP contribution >= 0.6 is 31.3 Å². The fourth-order valence-electron chi connectivity index (χ4n) is 9.31. The van der Waals surface area contributed by atoms with Crippen molar-refractivity contribution in [1.82, 2.24) is 58.1 Å². The largest absolute Gasteiger partial charge is 0.472 e. The molecule has 15 atom stereocenters. The van der Waals surface area contributed by atoms with E-state index in [0.29, 0.717) is 0 Å². The van der Waals surface area contributed by atoms with E-state index in [2.05, 4.69) is 44.4 Å². The number of aliphatic hydroxyl groups is 1. The van der Waals surface area contributed by atoms with Crippen LogP contribution in [-0.2, 0) is 68.9 Å². The molecule has 4 aliphatic heterocycles. The van der Waals surface area contributed by atoms with Crippen LogP contribution < -0.4 is 45.4 Å². The third-order valence-corrected chi connectivity index (χ3v) is 16.5. The highest BCUT2D eigenvalue weighted by atomic mass is 31.2. The number of H-pyrrole nitrogens is 2. The normalized spacial score (nSPS) is 28.9. The number of phosphoric acid groups is 4. The van der Waals surface area contributed by atoms with Gasteiger partial charge in [-0.25, -0.2) is 37.8 Å². The fraction of sp³-hybridized carbons (Fsp3) is 0.526. The van der Waals surface area contributed by atoms with E-state index in [1.807, 2.05) is 0 Å². The monoisotopic (exact) mass is 1250 g/mol. The molecule has 0 amide bonds. The molecule has 0 saturated carbocycles. The lowest BCUT2D eigenvalue weighted by atomic mass is 10.2. The Bertz CT molecular complexity index is 3860. The first kappa shape index (κ1) is 60.0. The van der Waals surface area contributed by atoms with E-state index in [9.17, 15) is 67.0 Å². The number of aromatic amines is 2. The van der Waals surface area contributed by atoms with Crippen LogP contribution in [0.25, 0.3) is 22.3 Å². The topological polar surface area (TPSA) is 592 Å². The van der Waals surface area contributed by atoms with Gasteiger partial charge in [0.2, 0.25) is 11.9 Å². The number of nitrogen functional groups attached to an aromatic ring is 4. The Kier molecular flexibility index (Phi) is 16.9. The quantitative estimate of drug-likeness (QED) is 0.0306. The van der Waals surface area contributed by atoms with Gasteiger partial charge in [0, 0.05) is 38.1 Å². The Balaban J connectivity index is 0.840. The maximum Gasteiger partial charge on any atom is 0.472 e. The lowest BCUT2D eigenvalue weighted by molar-refractivity contribution is -0.0629. The van der Waals surface area contributed by atoms with Crippen molar-refractivity contribution in [2.24, 2.45) is 0 Å². The number of hydrogen-bond donors (Lipinski definition) is 12. The molecule has 16 N–H and O–H groups in total. The second-order valence-corrected chi connectivity index (χ2v) is 24.1. The SMILES string of the molecule is Nc1ccn([C@H]2C[C@H](OP(=O)(O)OC[C@H]3O[C@@H](n4cnc5c(=O)[nH]c(N)nc54)C[C@@H]3OP(=O)(O)OC[C@H]3O[C@@H](n4ccc(N)nc4=O)C[C@@H]3O)[C@@H](COP(=O)(O)O[C@H]3C[C@H](n4cnc5c(=O)[nH]c(N)nc54)O[C@@H]3COP(=O)(O)O)O2)c(=O)n1. The molecule has 45 heteroatoms. The van der Waals surface area contributed by atoms with Crippen LogP contribution in [0.4, 0.5) is 23.5 Å². The number of fused-ring (bicyclic) bond motifs is 2. The molecule has 0 aliphatic carbocycles. The molecule has 0 spiro atoms. The van der Waals surface area contributed by atoms with Gasteiger partial charge in [-0.15, -0.1) is 0 Å². The number of ether oxygens (including phenoxy) is 4. The zero-order valence-corrected chi connectivity index (χ0v) is 45.6. The molecular formula is C38H50N16O25P4. The number of phosphoric ester groups is 4. The van der Waals surface area contributed by atoms with Gasteiger partial charge in [-0.1, -0.05) is 0 Å². The van der Waals surface area contributed by atoms with E-state index in [-0.39, 0.29) is 52.3 Å². The molecule has 10 rings (SSSR count). The van der Waals surface area contributed by atoms with Crippen molar-refractivity contribution in [3.8, 4) is 0 Å². The third-order valence-electron chi connectivity index (χ3n) is 13.0. The standard InChI is InChI=1S/C38H50N16O25P4/c39-23-1-3-51(37(58)45-23)25-5-15(55)19(73-25)9-70-81(63,64)79-18-8-28(54-14-44-30-32(54)48-36(42)50-34(30)57)76-22(18)12-72-82(65,66)77-16-6-26(52-4-2-24(40)46-38(52)59)74-21(16)11-71-83(67,68)78-17-7-27(75-20(17)10-69-80(60,61)62)53-13-43-29-31(53)47-35(41)49-33(29)56/h1-4,13-22,25-28,55H,5-12H2,(H,63,64)(H,65,66)(H,67,68)(H2,39,45,58)(H2,40,46,59)(H2,60,61,62)(H3,41,47,49,56)(H3,42,48,50,57)/t15-,16-,17-,18-,19+,20+,21+,22+,25+,26+,27+,28+/m0/s1. The van der Waals surface area contributed by atoms with E-state index in [0.717, 1.165) is 28.0 Å². The minimum atomic E-state index is -5.45. The van der Waals surface area contributed by atoms with Crippen LogP contribution in [0.3, 0.4) is 0 Å². The predicted octanol–water partition coefficient (Wildman–Crippen LogP) is -2.78. The summed E-state index contributed by atoms with van der Waals surface area (Å²) in [6, 6.07) is 2.52. The van der Waals surface area contributed by atoms with Crippen molar-refractivity contribution in [2.75, 3.05) is 49.4 Å². The molecule has 6 aromatic heterocycles. The zero-order valence-electron chi connectivity index (χ0n) is 42.1. The lowest BCUT2D eigenvalue weighted by Gasteiger charge is -2.25. The Morgan fingerprint density at radius 3 is 1.25 bits per heavy atom. The van der Waals surface area contributed by atoms with Crippen LogP contribution in [0.5, 0.6) is 0 Å². The molecule has 452 valence electrons. The van der Waals surface area contributed by atoms with Crippen molar-refractivity contribution >= 4 is 77.2 Å². The zero-order chi connectivity index (χ0) is 59.5. The summed E-state index contributed by atoms with van der Waals surface area (Å²) < 4.78 is 118. The third kappa shape index (κ3) is 13.9. The van der Waals surface area contributed by atoms with Crippen LogP contribution in [0.1, 0.15) is 50.6 Å². The molecule has 4 aliphatic rings. The first-order valence-corrected chi connectivity index (χ1v) is 30.2. The average Bonchev–Trinajstić information content (AvgIpc) is 3.09. The molecule has 6 aromatic rings. The first-order chi connectivity index (χ1) is 39.1. The van der Waals surface area contributed by atoms with E-state index in [4.69, 9.17) is 69.0 Å². The number of aromatic nitrogens is 12. The molecular weight excluding hydrogens is 1200 g/mol. The average molecular weight is 1250 g/mol. The van der Waals surface area contributed by atoms with Crippen LogP contribution in [0.2, 0.25) is 0 Å². The summed E-state index contributed by atoms with van der Waals surface area (Å²) in [7, 11) is -21.3. The first-order valence-electron chi connectivity index (χ1n) is 24.2. The van der Waals surface area contributed by atoms with Gasteiger partial charge >= 0.3 is 42.7 Å².